The molecule has 0 bridgehead atoms. The molecule has 0 atom stereocenters. The van der Waals surface area contributed by atoms with Gasteiger partial charge in [0.2, 0.25) is 0 Å². The van der Waals surface area contributed by atoms with Crippen molar-refractivity contribution in [1.29, 1.82) is 0 Å². The maximum atomic E-state index is 6.25. The third-order valence-corrected chi connectivity index (χ3v) is 12.3. The van der Waals surface area contributed by atoms with Crippen LogP contribution in [-0.2, 0) is 0 Å². The zero-order valence-electron chi connectivity index (χ0n) is 30.4. The lowest BCUT2D eigenvalue weighted by Gasteiger charge is -2.13. The normalized spacial score (nSPS) is 11.9. The third kappa shape index (κ3) is 5.04. The van der Waals surface area contributed by atoms with Gasteiger partial charge < -0.3 is 8.98 Å². The van der Waals surface area contributed by atoms with Gasteiger partial charge in [0.15, 0.2) is 17.5 Å². The van der Waals surface area contributed by atoms with Crippen LogP contribution in [0.1, 0.15) is 0 Å². The summed E-state index contributed by atoms with van der Waals surface area (Å²) in [5.74, 6) is 1.92. The topological polar surface area (TPSA) is 56.7 Å². The maximum absolute atomic E-state index is 6.25. The molecule has 0 aliphatic rings. The second kappa shape index (κ2) is 12.6. The molecule has 0 amide bonds. The summed E-state index contributed by atoms with van der Waals surface area (Å²) in [5, 5.41) is 6.96. The number of furan rings is 1. The summed E-state index contributed by atoms with van der Waals surface area (Å²) in [6.45, 7) is 0. The highest BCUT2D eigenvalue weighted by Gasteiger charge is 2.22. The fraction of sp³-hybridized carbons (Fsp3) is 0. The number of hydrogen-bond acceptors (Lipinski definition) is 5. The van der Waals surface area contributed by atoms with E-state index in [1.165, 1.54) is 25.7 Å². The fourth-order valence-electron chi connectivity index (χ4n) is 8.46. The largest absolute Gasteiger partial charge is 0.456 e. The summed E-state index contributed by atoms with van der Waals surface area (Å²) in [6.07, 6.45) is 0. The molecule has 0 radical (unpaired) electrons. The Hall–Kier alpha value is -7.41. The molecule has 12 rings (SSSR count). The zero-order valence-corrected chi connectivity index (χ0v) is 31.2. The monoisotopic (exact) mass is 746 g/mol. The summed E-state index contributed by atoms with van der Waals surface area (Å²) in [6, 6.07) is 63.8. The lowest BCUT2D eigenvalue weighted by atomic mass is 9.99. The second-order valence-electron chi connectivity index (χ2n) is 14.4. The van der Waals surface area contributed by atoms with Crippen LogP contribution in [0.5, 0.6) is 0 Å². The maximum Gasteiger partial charge on any atom is 0.164 e. The Morgan fingerprint density at radius 2 is 1.04 bits per heavy atom. The van der Waals surface area contributed by atoms with E-state index in [-0.39, 0.29) is 0 Å². The first kappa shape index (κ1) is 31.9. The van der Waals surface area contributed by atoms with Crippen LogP contribution in [0, 0.1) is 0 Å². The first-order valence-electron chi connectivity index (χ1n) is 19.0. The van der Waals surface area contributed by atoms with E-state index in [9.17, 15) is 0 Å². The van der Waals surface area contributed by atoms with Crippen LogP contribution in [-0.4, -0.2) is 19.5 Å². The average molecular weight is 747 g/mol. The molecular formula is C51H30N4OS. The van der Waals surface area contributed by atoms with Gasteiger partial charge in [0.1, 0.15) is 11.2 Å². The molecule has 266 valence electrons. The van der Waals surface area contributed by atoms with Gasteiger partial charge >= 0.3 is 0 Å². The number of rotatable bonds is 5. The van der Waals surface area contributed by atoms with Crippen LogP contribution < -0.4 is 0 Å². The summed E-state index contributed by atoms with van der Waals surface area (Å²) < 4.78 is 11.2. The third-order valence-electron chi connectivity index (χ3n) is 11.0. The van der Waals surface area contributed by atoms with Gasteiger partial charge in [-0.1, -0.05) is 133 Å². The highest BCUT2D eigenvalue weighted by atomic mass is 32.1. The van der Waals surface area contributed by atoms with E-state index in [1.54, 1.807) is 0 Å². The average Bonchev–Trinajstić information content (AvgIpc) is 3.96. The van der Waals surface area contributed by atoms with E-state index in [0.717, 1.165) is 71.7 Å². The van der Waals surface area contributed by atoms with Crippen molar-refractivity contribution in [1.82, 2.24) is 19.5 Å². The van der Waals surface area contributed by atoms with Gasteiger partial charge in [0, 0.05) is 69.7 Å². The van der Waals surface area contributed by atoms with Gasteiger partial charge in [-0.2, -0.15) is 0 Å². The molecule has 0 saturated carbocycles. The van der Waals surface area contributed by atoms with Crippen molar-refractivity contribution < 1.29 is 4.42 Å². The van der Waals surface area contributed by atoms with E-state index in [4.69, 9.17) is 19.4 Å². The molecule has 0 spiro atoms. The Labute approximate surface area is 330 Å². The van der Waals surface area contributed by atoms with Crippen molar-refractivity contribution in [3.63, 3.8) is 0 Å². The summed E-state index contributed by atoms with van der Waals surface area (Å²) in [7, 11) is 0. The number of thiophene rings is 1. The minimum absolute atomic E-state index is 0.636. The molecule has 8 aromatic carbocycles. The van der Waals surface area contributed by atoms with Crippen LogP contribution in [0.3, 0.4) is 0 Å². The van der Waals surface area contributed by atoms with E-state index in [2.05, 4.69) is 138 Å². The molecule has 4 aromatic heterocycles. The van der Waals surface area contributed by atoms with E-state index >= 15 is 0 Å². The molecule has 0 fully saturated rings. The summed E-state index contributed by atoms with van der Waals surface area (Å²) in [5.41, 5.74) is 10.3. The Morgan fingerprint density at radius 3 is 1.82 bits per heavy atom. The molecule has 4 heterocycles. The lowest BCUT2D eigenvalue weighted by molar-refractivity contribution is 0.669. The van der Waals surface area contributed by atoms with Crippen LogP contribution in [0.4, 0.5) is 0 Å². The van der Waals surface area contributed by atoms with Crippen molar-refractivity contribution in [3.05, 3.63) is 182 Å². The van der Waals surface area contributed by atoms with Crippen LogP contribution in [0.15, 0.2) is 186 Å². The Bertz CT molecular complexity index is 3470. The number of aromatic nitrogens is 4. The molecule has 0 N–H and O–H groups in total. The summed E-state index contributed by atoms with van der Waals surface area (Å²) >= 11 is 1.85. The van der Waals surface area contributed by atoms with Crippen molar-refractivity contribution in [2.75, 3.05) is 0 Å². The minimum atomic E-state index is 0.636. The van der Waals surface area contributed by atoms with Gasteiger partial charge in [0.25, 0.3) is 0 Å². The van der Waals surface area contributed by atoms with Gasteiger partial charge in [-0.25, -0.2) is 15.0 Å². The fourth-order valence-corrected chi connectivity index (χ4v) is 9.68. The molecule has 0 aliphatic heterocycles. The van der Waals surface area contributed by atoms with Crippen molar-refractivity contribution in [3.8, 4) is 51.0 Å². The van der Waals surface area contributed by atoms with Gasteiger partial charge in [-0.05, 0) is 54.1 Å². The zero-order chi connectivity index (χ0) is 37.5. The van der Waals surface area contributed by atoms with Crippen LogP contribution in [0.25, 0.3) is 115 Å². The molecule has 5 nitrogen and oxygen atoms in total. The molecule has 0 unspecified atom stereocenters. The quantitative estimate of drug-likeness (QED) is 0.176. The molecule has 0 aliphatic carbocycles. The Balaban J connectivity index is 1.14. The van der Waals surface area contributed by atoms with Crippen molar-refractivity contribution in [2.24, 2.45) is 0 Å². The van der Waals surface area contributed by atoms with E-state index in [1.807, 2.05) is 59.9 Å². The SMILES string of the molecule is c1ccc(-c2nc(-c3ccccc3)nc(-c3cccc4c3c3ccccc3n4-c3cc(-c4ccc5oc6ccccc6c5c4)c4sc5ccccc5c4c3)n2)cc1. The number of benzene rings is 8. The highest BCUT2D eigenvalue weighted by Crippen LogP contribution is 2.45. The standard InChI is InChI=1S/C51H30N4OS/c1-3-14-31(15-4-1)49-52-50(32-16-5-2-6-17-32)54-51(53-49)38-21-13-23-43-47(38)37-20-7-10-22-42(37)55(43)34-29-39(48-41(30-34)36-19-9-12-25-46(36)57-48)33-26-27-45-40(28-33)35-18-8-11-24-44(35)56-45/h1-30H. The van der Waals surface area contributed by atoms with Crippen molar-refractivity contribution >= 4 is 75.3 Å². The molecule has 12 aromatic rings. The second-order valence-corrected chi connectivity index (χ2v) is 15.4. The molecule has 57 heavy (non-hydrogen) atoms. The van der Waals surface area contributed by atoms with Gasteiger partial charge in [-0.3, -0.25) is 0 Å². The highest BCUT2D eigenvalue weighted by molar-refractivity contribution is 7.26. The lowest BCUT2D eigenvalue weighted by Crippen LogP contribution is -2.00. The molecule has 6 heteroatoms. The molecular weight excluding hydrogens is 717 g/mol. The van der Waals surface area contributed by atoms with Crippen molar-refractivity contribution in [2.45, 2.75) is 0 Å². The Kier molecular flexibility index (Phi) is 7.03. The first-order valence-corrected chi connectivity index (χ1v) is 19.8. The van der Waals surface area contributed by atoms with Gasteiger partial charge in [0.05, 0.1) is 11.0 Å². The van der Waals surface area contributed by atoms with Crippen LogP contribution in [0.2, 0.25) is 0 Å². The number of hydrogen-bond donors (Lipinski definition) is 0. The van der Waals surface area contributed by atoms with E-state index in [0.29, 0.717) is 17.5 Å². The number of nitrogens with zero attached hydrogens (tertiary/aromatic N) is 4. The minimum Gasteiger partial charge on any atom is -0.456 e. The molecule has 0 saturated heterocycles. The first-order chi connectivity index (χ1) is 28.2. The number of fused-ring (bicyclic) bond motifs is 9. The van der Waals surface area contributed by atoms with Gasteiger partial charge in [-0.15, -0.1) is 11.3 Å². The Morgan fingerprint density at radius 1 is 0.404 bits per heavy atom. The predicted octanol–water partition coefficient (Wildman–Crippen LogP) is 13.9. The summed E-state index contributed by atoms with van der Waals surface area (Å²) in [4.78, 5) is 15.3. The van der Waals surface area contributed by atoms with Crippen LogP contribution >= 0.6 is 11.3 Å². The number of para-hydroxylation sites is 2. The predicted molar refractivity (Wildman–Crippen MR) is 236 cm³/mol. The van der Waals surface area contributed by atoms with E-state index < -0.39 is 0 Å². The smallest absolute Gasteiger partial charge is 0.164 e.